The minimum atomic E-state index is -0.979. The molecule has 3 rings (SSSR count). The van der Waals surface area contributed by atoms with Crippen LogP contribution in [0.3, 0.4) is 0 Å². The van der Waals surface area contributed by atoms with Gasteiger partial charge >= 0.3 is 0 Å². The number of β-amino-alcohol motifs (C(OH)–C–C–N with tert-alkyl or cyclic N) is 1. The summed E-state index contributed by atoms with van der Waals surface area (Å²) in [6.07, 6.45) is -0.644. The van der Waals surface area contributed by atoms with Gasteiger partial charge in [-0.05, 0) is 23.5 Å². The summed E-state index contributed by atoms with van der Waals surface area (Å²) in [5.41, 5.74) is 14.8. The second-order valence-electron chi connectivity index (χ2n) is 13.1. The lowest BCUT2D eigenvalue weighted by Gasteiger charge is -2.38. The van der Waals surface area contributed by atoms with Crippen molar-refractivity contribution in [3.8, 4) is 10.4 Å². The molecule has 1 aliphatic rings. The van der Waals surface area contributed by atoms with Crippen molar-refractivity contribution < 1.29 is 43.2 Å². The van der Waals surface area contributed by atoms with Crippen LogP contribution in [0.1, 0.15) is 44.9 Å². The van der Waals surface area contributed by atoms with Crippen molar-refractivity contribution in [1.29, 1.82) is 0 Å². The lowest BCUT2D eigenvalue weighted by molar-refractivity contribution is -0.151. The molecular formula is C34H51N5O9S. The molecule has 15 heteroatoms. The van der Waals surface area contributed by atoms with Gasteiger partial charge in [0, 0.05) is 25.9 Å². The number of aliphatic hydroxyl groups is 1. The quantitative estimate of drug-likeness (QED) is 0.137. The smallest absolute Gasteiger partial charge is 0.243 e. The SMILES string of the molecule is Cc1ncsc1-c1ccc(CNC(=O)[C@@H]2C[C@@H](O)CN2C(=O)[C@@H](C(COCCOCCOCCOCCC(N)=O)C(N)=O)C(C)(C)C)cc1. The first-order chi connectivity index (χ1) is 23.3. The normalized spacial score (nSPS) is 17.5. The Morgan fingerprint density at radius 3 is 2.10 bits per heavy atom. The Labute approximate surface area is 291 Å². The fourth-order valence-electron chi connectivity index (χ4n) is 5.68. The first kappa shape index (κ1) is 40.0. The molecule has 49 heavy (non-hydrogen) atoms. The first-order valence-corrected chi connectivity index (χ1v) is 17.3. The third kappa shape index (κ3) is 12.7. The van der Waals surface area contributed by atoms with Crippen LogP contribution >= 0.6 is 11.3 Å². The van der Waals surface area contributed by atoms with Crippen LogP contribution in [0, 0.1) is 24.2 Å². The molecule has 1 fully saturated rings. The molecule has 4 atom stereocenters. The van der Waals surface area contributed by atoms with E-state index < -0.39 is 47.1 Å². The van der Waals surface area contributed by atoms with Gasteiger partial charge in [0.1, 0.15) is 6.04 Å². The maximum absolute atomic E-state index is 14.1. The van der Waals surface area contributed by atoms with Gasteiger partial charge in [0.25, 0.3) is 0 Å². The van der Waals surface area contributed by atoms with Crippen LogP contribution in [0.5, 0.6) is 0 Å². The summed E-state index contributed by atoms with van der Waals surface area (Å²) >= 11 is 1.57. The highest BCUT2D eigenvalue weighted by Crippen LogP contribution is 2.36. The number of thiazole rings is 1. The number of likely N-dealkylation sites (tertiary alicyclic amines) is 1. The van der Waals surface area contributed by atoms with E-state index in [0.29, 0.717) is 26.4 Å². The number of aromatic nitrogens is 1. The summed E-state index contributed by atoms with van der Waals surface area (Å²) in [7, 11) is 0. The van der Waals surface area contributed by atoms with Gasteiger partial charge in [0.2, 0.25) is 23.6 Å². The van der Waals surface area contributed by atoms with Gasteiger partial charge in [0.05, 0.1) is 86.9 Å². The summed E-state index contributed by atoms with van der Waals surface area (Å²) < 4.78 is 21.9. The van der Waals surface area contributed by atoms with Crippen LogP contribution in [0.2, 0.25) is 0 Å². The van der Waals surface area contributed by atoms with E-state index in [9.17, 15) is 24.3 Å². The zero-order valence-corrected chi connectivity index (χ0v) is 29.7. The van der Waals surface area contributed by atoms with Crippen LogP contribution < -0.4 is 16.8 Å². The summed E-state index contributed by atoms with van der Waals surface area (Å²) in [5, 5.41) is 13.4. The molecule has 1 aromatic heterocycles. The van der Waals surface area contributed by atoms with Crippen LogP contribution in [-0.4, -0.2) is 110 Å². The van der Waals surface area contributed by atoms with E-state index >= 15 is 0 Å². The zero-order valence-electron chi connectivity index (χ0n) is 28.9. The van der Waals surface area contributed by atoms with E-state index in [0.717, 1.165) is 21.7 Å². The van der Waals surface area contributed by atoms with E-state index in [2.05, 4.69) is 10.3 Å². The first-order valence-electron chi connectivity index (χ1n) is 16.4. The van der Waals surface area contributed by atoms with Crippen molar-refractivity contribution in [2.75, 3.05) is 59.4 Å². The summed E-state index contributed by atoms with van der Waals surface area (Å²) in [4.78, 5) is 57.6. The standard InChI is InChI=1S/C34H51N5O9S/c1-22-30(49-21-38-22)24-7-5-23(6-8-24)18-37-32(43)27-17-25(40)19-39(27)33(44)29(34(2,3)4)26(31(36)42)20-48-16-15-47-14-13-46-12-11-45-10-9-28(35)41/h5-8,21,25-27,29,40H,9-20H2,1-4H3,(H2,35,41)(H2,36,42)(H,37,43)/t25-,26?,27+,29-/m1/s1. The van der Waals surface area contributed by atoms with Gasteiger partial charge in [-0.25, -0.2) is 4.98 Å². The predicted molar refractivity (Wildman–Crippen MR) is 183 cm³/mol. The number of aliphatic hydroxyl groups excluding tert-OH is 1. The number of rotatable bonds is 21. The van der Waals surface area contributed by atoms with E-state index in [4.69, 9.17) is 30.4 Å². The van der Waals surface area contributed by atoms with Crippen molar-refractivity contribution in [2.24, 2.45) is 28.7 Å². The van der Waals surface area contributed by atoms with Crippen molar-refractivity contribution >= 4 is 35.0 Å². The minimum Gasteiger partial charge on any atom is -0.391 e. The molecule has 272 valence electrons. The van der Waals surface area contributed by atoms with Gasteiger partial charge < -0.3 is 45.7 Å². The molecule has 0 aliphatic carbocycles. The highest BCUT2D eigenvalue weighted by Gasteiger charge is 2.48. The van der Waals surface area contributed by atoms with Gasteiger partial charge in [-0.15, -0.1) is 11.3 Å². The summed E-state index contributed by atoms with van der Waals surface area (Å²) in [6.45, 7) is 9.51. The number of nitrogens with two attached hydrogens (primary N) is 2. The number of amides is 4. The monoisotopic (exact) mass is 705 g/mol. The third-order valence-corrected chi connectivity index (χ3v) is 9.14. The van der Waals surface area contributed by atoms with Crippen LogP contribution in [-0.2, 0) is 44.7 Å². The fourth-order valence-corrected chi connectivity index (χ4v) is 6.49. The highest BCUT2D eigenvalue weighted by atomic mass is 32.1. The van der Waals surface area contributed by atoms with Gasteiger partial charge in [-0.2, -0.15) is 0 Å². The number of nitrogens with zero attached hydrogens (tertiary/aromatic N) is 2. The highest BCUT2D eigenvalue weighted by molar-refractivity contribution is 7.13. The number of carbonyl (C=O) groups is 4. The van der Waals surface area contributed by atoms with Crippen LogP contribution in [0.4, 0.5) is 0 Å². The number of carbonyl (C=O) groups excluding carboxylic acids is 4. The lowest BCUT2D eigenvalue weighted by atomic mass is 9.72. The zero-order chi connectivity index (χ0) is 36.0. The molecule has 6 N–H and O–H groups in total. The molecule has 14 nitrogen and oxygen atoms in total. The molecule has 2 aromatic rings. The molecule has 4 amide bonds. The Morgan fingerprint density at radius 2 is 1.57 bits per heavy atom. The number of hydrogen-bond donors (Lipinski definition) is 4. The maximum atomic E-state index is 14.1. The number of nitrogens with one attached hydrogen (secondary N) is 1. The number of hydrogen-bond acceptors (Lipinski definition) is 11. The Bertz CT molecular complexity index is 1360. The van der Waals surface area contributed by atoms with Crippen molar-refractivity contribution in [3.63, 3.8) is 0 Å². The Kier molecular flexibility index (Phi) is 16.0. The fraction of sp³-hybridized carbons (Fsp3) is 0.618. The lowest BCUT2D eigenvalue weighted by Crippen LogP contribution is -2.53. The van der Waals surface area contributed by atoms with E-state index in [1.807, 2.05) is 52.0 Å². The molecule has 1 saturated heterocycles. The summed E-state index contributed by atoms with van der Waals surface area (Å²) in [6, 6.07) is 6.92. The number of benzene rings is 1. The third-order valence-electron chi connectivity index (χ3n) is 8.17. The minimum absolute atomic E-state index is 0.0336. The van der Waals surface area contributed by atoms with Crippen molar-refractivity contribution in [3.05, 3.63) is 41.0 Å². The molecular weight excluding hydrogens is 654 g/mol. The van der Waals surface area contributed by atoms with Gasteiger partial charge in [-0.1, -0.05) is 45.0 Å². The van der Waals surface area contributed by atoms with Crippen molar-refractivity contribution in [1.82, 2.24) is 15.2 Å². The second-order valence-corrected chi connectivity index (χ2v) is 13.9. The average Bonchev–Trinajstić information content (AvgIpc) is 3.65. The predicted octanol–water partition coefficient (Wildman–Crippen LogP) is 1.40. The maximum Gasteiger partial charge on any atom is 0.243 e. The number of aryl methyl sites for hydroxylation is 1. The average molecular weight is 706 g/mol. The molecule has 0 bridgehead atoms. The van der Waals surface area contributed by atoms with Gasteiger partial charge in [0.15, 0.2) is 0 Å². The van der Waals surface area contributed by atoms with Crippen molar-refractivity contribution in [2.45, 2.75) is 59.2 Å². The Morgan fingerprint density at radius 1 is 0.980 bits per heavy atom. The van der Waals surface area contributed by atoms with Gasteiger partial charge in [-0.3, -0.25) is 19.2 Å². The number of ether oxygens (including phenoxy) is 4. The molecule has 1 aromatic carbocycles. The molecule has 2 heterocycles. The number of primary amides is 2. The molecule has 0 radical (unpaired) electrons. The molecule has 0 saturated carbocycles. The topological polar surface area (TPSA) is 206 Å². The molecule has 0 spiro atoms. The van der Waals surface area contributed by atoms with E-state index in [-0.39, 0.29) is 58.3 Å². The van der Waals surface area contributed by atoms with E-state index in [1.54, 1.807) is 16.8 Å². The Balaban J connectivity index is 1.50. The van der Waals surface area contributed by atoms with Crippen LogP contribution in [0.25, 0.3) is 10.4 Å². The van der Waals surface area contributed by atoms with E-state index in [1.165, 1.54) is 4.90 Å². The second kappa shape index (κ2) is 19.6. The molecule has 1 aliphatic heterocycles. The largest absolute Gasteiger partial charge is 0.391 e. The Hall–Kier alpha value is -3.47. The molecule has 1 unspecified atom stereocenters. The van der Waals surface area contributed by atoms with Crippen LogP contribution in [0.15, 0.2) is 29.8 Å². The summed E-state index contributed by atoms with van der Waals surface area (Å²) in [5.74, 6) is -3.83.